The van der Waals surface area contributed by atoms with Crippen LogP contribution in [0.15, 0.2) is 24.3 Å². The molecule has 0 aliphatic rings. The van der Waals surface area contributed by atoms with Gasteiger partial charge in [0.2, 0.25) is 0 Å². The third-order valence-electron chi connectivity index (χ3n) is 2.48. The second kappa shape index (κ2) is 5.30. The van der Waals surface area contributed by atoms with Crippen LogP contribution in [0.3, 0.4) is 0 Å². The van der Waals surface area contributed by atoms with Crippen molar-refractivity contribution in [3.05, 3.63) is 33.4 Å². The van der Waals surface area contributed by atoms with Gasteiger partial charge in [-0.05, 0) is 58.5 Å². The molecule has 1 rings (SSSR count). The Bertz CT molecular complexity index is 315. The van der Waals surface area contributed by atoms with E-state index in [0.717, 1.165) is 6.42 Å². The van der Waals surface area contributed by atoms with Crippen LogP contribution in [0.2, 0.25) is 0 Å². The summed E-state index contributed by atoms with van der Waals surface area (Å²) in [6, 6.07) is 8.65. The third kappa shape index (κ3) is 4.98. The molecule has 0 fully saturated rings. The van der Waals surface area contributed by atoms with Crippen LogP contribution in [0.5, 0.6) is 0 Å². The summed E-state index contributed by atoms with van der Waals surface area (Å²) in [6.07, 6.45) is 2.23. The Labute approximate surface area is 107 Å². The fraction of sp³-hybridized carbons (Fsp3) is 0.538. The summed E-state index contributed by atoms with van der Waals surface area (Å²) in [5, 5.41) is 0. The second-order valence-electron chi connectivity index (χ2n) is 5.26. The quantitative estimate of drug-likeness (QED) is 0.834. The van der Waals surface area contributed by atoms with Gasteiger partial charge in [0.15, 0.2) is 0 Å². The number of nitrogens with two attached hydrogens (primary N) is 1. The van der Waals surface area contributed by atoms with Crippen LogP contribution >= 0.6 is 22.6 Å². The lowest BCUT2D eigenvalue weighted by atomic mass is 9.87. The SMILES string of the molecule is CC(C)(C)CCC(N)c1cccc(I)c1. The molecule has 0 saturated carbocycles. The van der Waals surface area contributed by atoms with Crippen LogP contribution in [0, 0.1) is 8.99 Å². The molecule has 1 aromatic rings. The number of hydrogen-bond acceptors (Lipinski definition) is 1. The Morgan fingerprint density at radius 2 is 2.00 bits per heavy atom. The summed E-state index contributed by atoms with van der Waals surface area (Å²) >= 11 is 2.33. The minimum atomic E-state index is 0.180. The van der Waals surface area contributed by atoms with Crippen molar-refractivity contribution in [2.45, 2.75) is 39.7 Å². The van der Waals surface area contributed by atoms with E-state index in [1.807, 2.05) is 0 Å². The maximum absolute atomic E-state index is 6.17. The highest BCUT2D eigenvalue weighted by Crippen LogP contribution is 2.26. The third-order valence-corrected chi connectivity index (χ3v) is 3.15. The Morgan fingerprint density at radius 1 is 1.33 bits per heavy atom. The monoisotopic (exact) mass is 317 g/mol. The first-order valence-electron chi connectivity index (χ1n) is 5.39. The predicted octanol–water partition coefficient (Wildman–Crippen LogP) is 4.12. The molecule has 0 heterocycles. The summed E-state index contributed by atoms with van der Waals surface area (Å²) in [7, 11) is 0. The van der Waals surface area contributed by atoms with Gasteiger partial charge in [-0.3, -0.25) is 0 Å². The van der Waals surface area contributed by atoms with Crippen molar-refractivity contribution in [1.82, 2.24) is 0 Å². The Kier molecular flexibility index (Phi) is 4.59. The molecule has 1 unspecified atom stereocenters. The molecule has 15 heavy (non-hydrogen) atoms. The van der Waals surface area contributed by atoms with Crippen LogP contribution in [-0.4, -0.2) is 0 Å². The lowest BCUT2D eigenvalue weighted by molar-refractivity contribution is 0.350. The lowest BCUT2D eigenvalue weighted by Crippen LogP contribution is -2.14. The van der Waals surface area contributed by atoms with Crippen LogP contribution in [0.1, 0.15) is 45.2 Å². The van der Waals surface area contributed by atoms with Gasteiger partial charge >= 0.3 is 0 Å². The normalized spacial score (nSPS) is 13.9. The van der Waals surface area contributed by atoms with E-state index < -0.39 is 0 Å². The van der Waals surface area contributed by atoms with Gasteiger partial charge in [0.1, 0.15) is 0 Å². The highest BCUT2D eigenvalue weighted by Gasteiger charge is 2.13. The van der Waals surface area contributed by atoms with Crippen molar-refractivity contribution in [3.8, 4) is 0 Å². The summed E-state index contributed by atoms with van der Waals surface area (Å²) in [6.45, 7) is 6.78. The van der Waals surface area contributed by atoms with Crippen LogP contribution in [-0.2, 0) is 0 Å². The standard InChI is InChI=1S/C13H20IN/c1-13(2,3)8-7-12(15)10-5-4-6-11(14)9-10/h4-6,9,12H,7-8,15H2,1-3H3. The number of rotatable bonds is 3. The zero-order valence-electron chi connectivity index (χ0n) is 9.76. The Morgan fingerprint density at radius 3 is 2.53 bits per heavy atom. The number of benzene rings is 1. The van der Waals surface area contributed by atoms with Gasteiger partial charge in [-0.15, -0.1) is 0 Å². The molecule has 2 N–H and O–H groups in total. The van der Waals surface area contributed by atoms with Gasteiger partial charge in [0.25, 0.3) is 0 Å². The van der Waals surface area contributed by atoms with Gasteiger partial charge in [-0.2, -0.15) is 0 Å². The van der Waals surface area contributed by atoms with Crippen molar-refractivity contribution in [3.63, 3.8) is 0 Å². The number of halogens is 1. The van der Waals surface area contributed by atoms with Crippen molar-refractivity contribution < 1.29 is 0 Å². The highest BCUT2D eigenvalue weighted by atomic mass is 127. The van der Waals surface area contributed by atoms with Gasteiger partial charge in [-0.25, -0.2) is 0 Å². The van der Waals surface area contributed by atoms with E-state index in [4.69, 9.17) is 5.73 Å². The summed E-state index contributed by atoms with van der Waals surface area (Å²) in [5.74, 6) is 0. The van der Waals surface area contributed by atoms with E-state index in [1.165, 1.54) is 15.6 Å². The fourth-order valence-electron chi connectivity index (χ4n) is 1.49. The van der Waals surface area contributed by atoms with E-state index in [-0.39, 0.29) is 6.04 Å². The molecule has 2 heteroatoms. The predicted molar refractivity (Wildman–Crippen MR) is 74.8 cm³/mol. The van der Waals surface area contributed by atoms with Gasteiger partial charge in [0.05, 0.1) is 0 Å². The summed E-state index contributed by atoms with van der Waals surface area (Å²) in [4.78, 5) is 0. The maximum atomic E-state index is 6.17. The van der Waals surface area contributed by atoms with Crippen molar-refractivity contribution in [2.24, 2.45) is 11.1 Å². The first-order valence-corrected chi connectivity index (χ1v) is 6.47. The highest BCUT2D eigenvalue weighted by molar-refractivity contribution is 14.1. The molecule has 0 aliphatic carbocycles. The molecule has 0 bridgehead atoms. The van der Waals surface area contributed by atoms with Crippen LogP contribution in [0.25, 0.3) is 0 Å². The average molecular weight is 317 g/mol. The summed E-state index contributed by atoms with van der Waals surface area (Å²) < 4.78 is 1.26. The molecule has 0 aromatic heterocycles. The van der Waals surface area contributed by atoms with Crippen molar-refractivity contribution in [2.75, 3.05) is 0 Å². The van der Waals surface area contributed by atoms with E-state index in [2.05, 4.69) is 67.6 Å². The minimum Gasteiger partial charge on any atom is -0.324 e. The van der Waals surface area contributed by atoms with Gasteiger partial charge < -0.3 is 5.73 Å². The van der Waals surface area contributed by atoms with E-state index in [1.54, 1.807) is 0 Å². The molecule has 84 valence electrons. The molecule has 0 spiro atoms. The molecule has 1 atom stereocenters. The van der Waals surface area contributed by atoms with Crippen LogP contribution < -0.4 is 5.73 Å². The summed E-state index contributed by atoms with van der Waals surface area (Å²) in [5.41, 5.74) is 7.80. The largest absolute Gasteiger partial charge is 0.324 e. The molecule has 0 amide bonds. The molecule has 0 radical (unpaired) electrons. The zero-order chi connectivity index (χ0) is 11.5. The average Bonchev–Trinajstić information content (AvgIpc) is 2.13. The van der Waals surface area contributed by atoms with Crippen molar-refractivity contribution >= 4 is 22.6 Å². The lowest BCUT2D eigenvalue weighted by Gasteiger charge is -2.21. The molecule has 0 saturated heterocycles. The Hall–Kier alpha value is -0.0900. The minimum absolute atomic E-state index is 0.180. The van der Waals surface area contributed by atoms with Gasteiger partial charge in [-0.1, -0.05) is 32.9 Å². The molecule has 1 nitrogen and oxygen atoms in total. The maximum Gasteiger partial charge on any atom is 0.0295 e. The first-order chi connectivity index (χ1) is 6.88. The smallest absolute Gasteiger partial charge is 0.0295 e. The van der Waals surface area contributed by atoms with E-state index in [0.29, 0.717) is 5.41 Å². The Balaban J connectivity index is 2.58. The molecular weight excluding hydrogens is 297 g/mol. The number of hydrogen-bond donors (Lipinski definition) is 1. The van der Waals surface area contributed by atoms with Crippen molar-refractivity contribution in [1.29, 1.82) is 0 Å². The molecular formula is C13H20IN. The van der Waals surface area contributed by atoms with E-state index in [9.17, 15) is 0 Å². The molecule has 1 aromatic carbocycles. The molecule has 0 aliphatic heterocycles. The second-order valence-corrected chi connectivity index (χ2v) is 6.51. The van der Waals surface area contributed by atoms with Gasteiger partial charge in [0, 0.05) is 9.61 Å². The zero-order valence-corrected chi connectivity index (χ0v) is 11.9. The van der Waals surface area contributed by atoms with Crippen LogP contribution in [0.4, 0.5) is 0 Å². The fourth-order valence-corrected chi connectivity index (χ4v) is 2.06. The first kappa shape index (κ1) is 13.0. The topological polar surface area (TPSA) is 26.0 Å². The van der Waals surface area contributed by atoms with E-state index >= 15 is 0 Å².